The van der Waals surface area contributed by atoms with Crippen LogP contribution >= 0.6 is 11.6 Å². The first-order valence-corrected chi connectivity index (χ1v) is 6.67. The van der Waals surface area contributed by atoms with E-state index in [2.05, 4.69) is 10.4 Å². The van der Waals surface area contributed by atoms with E-state index in [1.807, 2.05) is 24.3 Å². The minimum absolute atomic E-state index is 0.120. The van der Waals surface area contributed by atoms with Gasteiger partial charge in [-0.25, -0.2) is 4.68 Å². The lowest BCUT2D eigenvalue weighted by Gasteiger charge is -2.08. The van der Waals surface area contributed by atoms with Gasteiger partial charge in [0.25, 0.3) is 5.56 Å². The van der Waals surface area contributed by atoms with E-state index < -0.39 is 0 Å². The number of hydrogen-bond acceptors (Lipinski definition) is 3. The van der Waals surface area contributed by atoms with Crippen LogP contribution in [0.1, 0.15) is 18.4 Å². The molecule has 0 radical (unpaired) electrons. The summed E-state index contributed by atoms with van der Waals surface area (Å²) in [5, 5.41) is 8.09. The molecule has 0 saturated heterocycles. The van der Waals surface area contributed by atoms with E-state index in [1.165, 1.54) is 17.5 Å². The molecular weight excluding hydrogens is 262 g/mol. The first-order valence-electron chi connectivity index (χ1n) is 6.29. The molecule has 0 atom stereocenters. The molecular formula is C14H14ClN3O. The Bertz CT molecular complexity index is 649. The fraction of sp³-hybridized carbons (Fsp3) is 0.286. The van der Waals surface area contributed by atoms with Gasteiger partial charge in [-0.15, -0.1) is 0 Å². The quantitative estimate of drug-likeness (QED) is 0.933. The molecule has 1 N–H and O–H groups in total. The van der Waals surface area contributed by atoms with E-state index in [0.717, 1.165) is 11.3 Å². The average molecular weight is 276 g/mol. The summed E-state index contributed by atoms with van der Waals surface area (Å²) in [6.45, 7) is 0.391. The second kappa shape index (κ2) is 5.05. The normalized spacial score (nSPS) is 14.4. The van der Waals surface area contributed by atoms with Gasteiger partial charge >= 0.3 is 0 Å². The molecule has 1 fully saturated rings. The monoisotopic (exact) mass is 275 g/mol. The Kier molecular flexibility index (Phi) is 3.25. The van der Waals surface area contributed by atoms with Gasteiger partial charge in [0.05, 0.1) is 18.4 Å². The number of hydrogen-bond donors (Lipinski definition) is 1. The van der Waals surface area contributed by atoms with Crippen molar-refractivity contribution in [3.63, 3.8) is 0 Å². The second-order valence-corrected chi connectivity index (χ2v) is 5.16. The summed E-state index contributed by atoms with van der Waals surface area (Å²) in [7, 11) is 0. The molecule has 1 saturated carbocycles. The maximum absolute atomic E-state index is 12.0. The van der Waals surface area contributed by atoms with E-state index in [1.54, 1.807) is 12.3 Å². The Morgan fingerprint density at radius 3 is 2.84 bits per heavy atom. The molecule has 0 amide bonds. The van der Waals surface area contributed by atoms with Crippen molar-refractivity contribution >= 4 is 17.3 Å². The summed E-state index contributed by atoms with van der Waals surface area (Å²) in [6, 6.07) is 9.57. The topological polar surface area (TPSA) is 46.9 Å². The Morgan fingerprint density at radius 1 is 1.37 bits per heavy atom. The number of nitrogens with zero attached hydrogens (tertiary/aromatic N) is 2. The molecule has 1 heterocycles. The average Bonchev–Trinajstić information content (AvgIpc) is 3.19. The first-order chi connectivity index (χ1) is 9.22. The molecule has 1 aliphatic carbocycles. The Morgan fingerprint density at radius 2 is 2.16 bits per heavy atom. The van der Waals surface area contributed by atoms with Crippen molar-refractivity contribution in [2.24, 2.45) is 0 Å². The zero-order chi connectivity index (χ0) is 13.2. The van der Waals surface area contributed by atoms with Crippen LogP contribution in [0, 0.1) is 0 Å². The molecule has 3 rings (SSSR count). The molecule has 0 bridgehead atoms. The highest BCUT2D eigenvalue weighted by molar-refractivity contribution is 6.31. The maximum Gasteiger partial charge on any atom is 0.269 e. The number of aromatic nitrogens is 2. The molecule has 1 aromatic carbocycles. The zero-order valence-corrected chi connectivity index (χ0v) is 11.1. The van der Waals surface area contributed by atoms with Crippen LogP contribution in [0.25, 0.3) is 0 Å². The number of nitrogens with one attached hydrogen (secondary N) is 1. The highest BCUT2D eigenvalue weighted by Gasteiger charge is 2.21. The predicted octanol–water partition coefficient (Wildman–Crippen LogP) is 2.52. The lowest BCUT2D eigenvalue weighted by Crippen LogP contribution is -2.23. The SMILES string of the molecule is O=c1cc(NC2CC2)cnn1Cc1ccccc1Cl. The summed E-state index contributed by atoms with van der Waals surface area (Å²) < 4.78 is 1.42. The molecule has 0 aliphatic heterocycles. The van der Waals surface area contributed by atoms with Gasteiger partial charge in [-0.1, -0.05) is 29.8 Å². The second-order valence-electron chi connectivity index (χ2n) is 4.75. The molecule has 19 heavy (non-hydrogen) atoms. The van der Waals surface area contributed by atoms with Crippen LogP contribution < -0.4 is 10.9 Å². The summed E-state index contributed by atoms with van der Waals surface area (Å²) in [4.78, 5) is 12.0. The minimum Gasteiger partial charge on any atom is -0.381 e. The third-order valence-electron chi connectivity index (χ3n) is 3.10. The van der Waals surface area contributed by atoms with E-state index in [4.69, 9.17) is 11.6 Å². The lowest BCUT2D eigenvalue weighted by atomic mass is 10.2. The van der Waals surface area contributed by atoms with Gasteiger partial charge in [0, 0.05) is 17.1 Å². The van der Waals surface area contributed by atoms with Crippen LogP contribution in [0.3, 0.4) is 0 Å². The van der Waals surface area contributed by atoms with Crippen LogP contribution in [-0.4, -0.2) is 15.8 Å². The van der Waals surface area contributed by atoms with Crippen molar-refractivity contribution < 1.29 is 0 Å². The predicted molar refractivity (Wildman–Crippen MR) is 75.7 cm³/mol. The minimum atomic E-state index is -0.120. The molecule has 98 valence electrons. The molecule has 2 aromatic rings. The fourth-order valence-corrected chi connectivity index (χ4v) is 2.08. The van der Waals surface area contributed by atoms with Crippen molar-refractivity contribution in [1.29, 1.82) is 0 Å². The van der Waals surface area contributed by atoms with E-state index in [9.17, 15) is 4.79 Å². The number of anilines is 1. The largest absolute Gasteiger partial charge is 0.381 e. The molecule has 4 nitrogen and oxygen atoms in total. The zero-order valence-electron chi connectivity index (χ0n) is 10.3. The molecule has 0 unspecified atom stereocenters. The van der Waals surface area contributed by atoms with Gasteiger partial charge in [-0.2, -0.15) is 5.10 Å². The summed E-state index contributed by atoms with van der Waals surface area (Å²) in [5.41, 5.74) is 1.56. The van der Waals surface area contributed by atoms with Crippen molar-refractivity contribution in [3.05, 3.63) is 57.5 Å². The van der Waals surface area contributed by atoms with Gasteiger partial charge < -0.3 is 5.32 Å². The van der Waals surface area contributed by atoms with Crippen molar-refractivity contribution in [2.75, 3.05) is 5.32 Å². The van der Waals surface area contributed by atoms with Crippen LogP contribution in [-0.2, 0) is 6.54 Å². The highest BCUT2D eigenvalue weighted by Crippen LogP contribution is 2.23. The Hall–Kier alpha value is -1.81. The molecule has 1 aliphatic rings. The smallest absolute Gasteiger partial charge is 0.269 e. The van der Waals surface area contributed by atoms with Crippen molar-refractivity contribution in [1.82, 2.24) is 9.78 Å². The van der Waals surface area contributed by atoms with Crippen LogP contribution in [0.15, 0.2) is 41.3 Å². The van der Waals surface area contributed by atoms with Crippen molar-refractivity contribution in [3.8, 4) is 0 Å². The highest BCUT2D eigenvalue weighted by atomic mass is 35.5. The number of rotatable bonds is 4. The summed E-state index contributed by atoms with van der Waals surface area (Å²) in [6.07, 6.45) is 4.03. The van der Waals surface area contributed by atoms with Crippen LogP contribution in [0.2, 0.25) is 5.02 Å². The van der Waals surface area contributed by atoms with Gasteiger partial charge in [-0.05, 0) is 24.5 Å². The third kappa shape index (κ3) is 2.96. The van der Waals surface area contributed by atoms with Crippen LogP contribution in [0.4, 0.5) is 5.69 Å². The van der Waals surface area contributed by atoms with Gasteiger partial charge in [0.2, 0.25) is 0 Å². The van der Waals surface area contributed by atoms with Gasteiger partial charge in [0.1, 0.15) is 0 Å². The molecule has 1 aromatic heterocycles. The summed E-state index contributed by atoms with van der Waals surface area (Å²) >= 11 is 6.08. The van der Waals surface area contributed by atoms with Gasteiger partial charge in [0.15, 0.2) is 0 Å². The maximum atomic E-state index is 12.0. The van der Waals surface area contributed by atoms with E-state index >= 15 is 0 Å². The van der Waals surface area contributed by atoms with Crippen LogP contribution in [0.5, 0.6) is 0 Å². The van der Waals surface area contributed by atoms with E-state index in [0.29, 0.717) is 17.6 Å². The molecule has 0 spiro atoms. The van der Waals surface area contributed by atoms with Crippen molar-refractivity contribution in [2.45, 2.75) is 25.4 Å². The Balaban J connectivity index is 1.81. The third-order valence-corrected chi connectivity index (χ3v) is 3.46. The van der Waals surface area contributed by atoms with E-state index in [-0.39, 0.29) is 5.56 Å². The number of benzene rings is 1. The summed E-state index contributed by atoms with van der Waals surface area (Å²) in [5.74, 6) is 0. The van der Waals surface area contributed by atoms with Gasteiger partial charge in [-0.3, -0.25) is 4.79 Å². The fourth-order valence-electron chi connectivity index (χ4n) is 1.88. The lowest BCUT2D eigenvalue weighted by molar-refractivity contribution is 0.639. The standard InChI is InChI=1S/C14H14ClN3O/c15-13-4-2-1-3-10(13)9-18-14(19)7-12(8-16-18)17-11-5-6-11/h1-4,7-8,11,17H,5-6,9H2. The molecule has 5 heteroatoms. The number of halogens is 1. The first kappa shape index (κ1) is 12.2. The Labute approximate surface area is 116 Å².